The van der Waals surface area contributed by atoms with E-state index in [-0.39, 0.29) is 18.4 Å². The van der Waals surface area contributed by atoms with Crippen LogP contribution in [0.25, 0.3) is 0 Å². The molecule has 5 heteroatoms. The maximum Gasteiger partial charge on any atom is 0.308 e. The molecule has 2 atom stereocenters. The first-order valence-corrected chi connectivity index (χ1v) is 5.57. The molecule has 2 heterocycles. The normalized spacial score (nSPS) is 24.0. The van der Waals surface area contributed by atoms with Crippen LogP contribution >= 0.6 is 0 Å². The first-order valence-electron chi connectivity index (χ1n) is 5.57. The van der Waals surface area contributed by atoms with Crippen molar-refractivity contribution in [1.29, 1.82) is 0 Å². The predicted octanol–water partition coefficient (Wildman–Crippen LogP) is 1.38. The number of furan rings is 1. The van der Waals surface area contributed by atoms with E-state index >= 15 is 0 Å². The van der Waals surface area contributed by atoms with Crippen molar-refractivity contribution < 1.29 is 19.1 Å². The van der Waals surface area contributed by atoms with E-state index in [2.05, 4.69) is 0 Å². The van der Waals surface area contributed by atoms with E-state index in [4.69, 9.17) is 9.52 Å². The molecule has 1 fully saturated rings. The molecule has 17 heavy (non-hydrogen) atoms. The molecule has 5 nitrogen and oxygen atoms in total. The van der Waals surface area contributed by atoms with E-state index in [0.717, 1.165) is 5.56 Å². The number of carbonyl (C=O) groups excluding carboxylic acids is 1. The Balaban J connectivity index is 2.13. The molecule has 1 N–H and O–H groups in total. The van der Waals surface area contributed by atoms with E-state index in [1.807, 2.05) is 6.92 Å². The largest absolute Gasteiger partial charge is 0.481 e. The van der Waals surface area contributed by atoms with Crippen molar-refractivity contribution >= 4 is 11.9 Å². The minimum Gasteiger partial charge on any atom is -0.481 e. The molecule has 0 spiro atoms. The first kappa shape index (κ1) is 11.7. The van der Waals surface area contributed by atoms with Crippen LogP contribution in [0.4, 0.5) is 0 Å². The van der Waals surface area contributed by atoms with Crippen LogP contribution in [0.3, 0.4) is 0 Å². The second kappa shape index (κ2) is 4.24. The number of carboxylic acid groups (broad SMARTS) is 1. The molecule has 0 saturated carbocycles. The second-order valence-corrected chi connectivity index (χ2v) is 4.56. The lowest BCUT2D eigenvalue weighted by Crippen LogP contribution is -2.30. The summed E-state index contributed by atoms with van der Waals surface area (Å²) in [5.41, 5.74) is 0.779. The Kier molecular flexibility index (Phi) is 2.92. The van der Waals surface area contributed by atoms with Crippen LogP contribution < -0.4 is 0 Å². The number of likely N-dealkylation sites (tertiary alicyclic amines) is 1. The topological polar surface area (TPSA) is 70.8 Å². The van der Waals surface area contributed by atoms with Crippen molar-refractivity contribution in [2.75, 3.05) is 13.1 Å². The molecule has 0 aliphatic carbocycles. The molecular formula is C12H15NO4. The molecule has 1 amide bonds. The van der Waals surface area contributed by atoms with Crippen molar-refractivity contribution in [2.45, 2.75) is 13.8 Å². The van der Waals surface area contributed by atoms with Gasteiger partial charge in [0.25, 0.3) is 5.91 Å². The Morgan fingerprint density at radius 1 is 1.47 bits per heavy atom. The number of carbonyl (C=O) groups is 2. The van der Waals surface area contributed by atoms with Crippen LogP contribution in [0, 0.1) is 18.8 Å². The van der Waals surface area contributed by atoms with E-state index in [9.17, 15) is 9.59 Å². The van der Waals surface area contributed by atoms with Crippen molar-refractivity contribution in [3.8, 4) is 0 Å². The SMILES string of the molecule is Cc1ccoc1C(=O)N1C[C@@H](C)[C@H](C(=O)O)C1. The molecule has 0 radical (unpaired) electrons. The van der Waals surface area contributed by atoms with Crippen LogP contribution in [0.2, 0.25) is 0 Å². The highest BCUT2D eigenvalue weighted by Crippen LogP contribution is 2.25. The zero-order chi connectivity index (χ0) is 12.6. The van der Waals surface area contributed by atoms with Crippen LogP contribution in [0.1, 0.15) is 23.0 Å². The molecule has 1 aromatic heterocycles. The Morgan fingerprint density at radius 2 is 2.18 bits per heavy atom. The second-order valence-electron chi connectivity index (χ2n) is 4.56. The number of amides is 1. The first-order chi connectivity index (χ1) is 8.00. The zero-order valence-electron chi connectivity index (χ0n) is 9.84. The molecule has 1 aliphatic heterocycles. The fourth-order valence-corrected chi connectivity index (χ4v) is 2.19. The van der Waals surface area contributed by atoms with Crippen molar-refractivity contribution in [2.24, 2.45) is 11.8 Å². The highest BCUT2D eigenvalue weighted by atomic mass is 16.4. The minimum atomic E-state index is -0.844. The van der Waals surface area contributed by atoms with Gasteiger partial charge in [-0.15, -0.1) is 0 Å². The van der Waals surface area contributed by atoms with Gasteiger partial charge in [0.2, 0.25) is 0 Å². The molecule has 0 unspecified atom stereocenters. The molecule has 0 aromatic carbocycles. The van der Waals surface area contributed by atoms with Gasteiger partial charge in [-0.25, -0.2) is 0 Å². The van der Waals surface area contributed by atoms with Gasteiger partial charge in [0.05, 0.1) is 12.2 Å². The monoisotopic (exact) mass is 237 g/mol. The molecule has 2 rings (SSSR count). The Hall–Kier alpha value is -1.78. The molecule has 92 valence electrons. The average molecular weight is 237 g/mol. The van der Waals surface area contributed by atoms with Gasteiger partial charge in [0.15, 0.2) is 5.76 Å². The van der Waals surface area contributed by atoms with E-state index in [0.29, 0.717) is 12.3 Å². The number of hydrogen-bond acceptors (Lipinski definition) is 3. The smallest absolute Gasteiger partial charge is 0.308 e. The molecule has 1 aliphatic rings. The molecule has 1 saturated heterocycles. The van der Waals surface area contributed by atoms with Crippen LogP contribution in [-0.4, -0.2) is 35.0 Å². The number of aliphatic carboxylic acids is 1. The van der Waals surface area contributed by atoms with Gasteiger partial charge >= 0.3 is 5.97 Å². The summed E-state index contributed by atoms with van der Waals surface area (Å²) in [6.45, 7) is 4.37. The van der Waals surface area contributed by atoms with Crippen LogP contribution in [0.15, 0.2) is 16.7 Å². The van der Waals surface area contributed by atoms with Crippen LogP contribution in [-0.2, 0) is 4.79 Å². The maximum absolute atomic E-state index is 12.1. The van der Waals surface area contributed by atoms with Gasteiger partial charge in [-0.05, 0) is 18.9 Å². The number of nitrogens with zero attached hydrogens (tertiary/aromatic N) is 1. The molecule has 0 bridgehead atoms. The maximum atomic E-state index is 12.1. The quantitative estimate of drug-likeness (QED) is 0.843. The standard InChI is InChI=1S/C12H15NO4/c1-7-3-4-17-10(7)11(14)13-5-8(2)9(6-13)12(15)16/h3-4,8-9H,5-6H2,1-2H3,(H,15,16)/t8-,9-/m1/s1. The summed E-state index contributed by atoms with van der Waals surface area (Å²) in [5.74, 6) is -1.25. The summed E-state index contributed by atoms with van der Waals surface area (Å²) in [4.78, 5) is 24.6. The summed E-state index contributed by atoms with van der Waals surface area (Å²) in [6.07, 6.45) is 1.47. The lowest BCUT2D eigenvalue weighted by atomic mass is 9.99. The Bertz CT molecular complexity index is 451. The van der Waals surface area contributed by atoms with E-state index in [1.165, 1.54) is 6.26 Å². The van der Waals surface area contributed by atoms with Gasteiger partial charge in [0.1, 0.15) is 0 Å². The third-order valence-electron chi connectivity index (χ3n) is 3.27. The summed E-state index contributed by atoms with van der Waals surface area (Å²) in [6, 6.07) is 1.72. The van der Waals surface area contributed by atoms with E-state index < -0.39 is 11.9 Å². The van der Waals surface area contributed by atoms with Crippen molar-refractivity contribution in [3.05, 3.63) is 23.7 Å². The summed E-state index contributed by atoms with van der Waals surface area (Å²) < 4.78 is 5.13. The fourth-order valence-electron chi connectivity index (χ4n) is 2.19. The zero-order valence-corrected chi connectivity index (χ0v) is 9.84. The Morgan fingerprint density at radius 3 is 2.65 bits per heavy atom. The Labute approximate surface area is 99.0 Å². The van der Waals surface area contributed by atoms with Crippen molar-refractivity contribution in [1.82, 2.24) is 4.90 Å². The minimum absolute atomic E-state index is 0.0216. The average Bonchev–Trinajstić information content (AvgIpc) is 2.83. The summed E-state index contributed by atoms with van der Waals surface area (Å²) in [7, 11) is 0. The summed E-state index contributed by atoms with van der Waals surface area (Å²) in [5, 5.41) is 9.01. The fraction of sp³-hybridized carbons (Fsp3) is 0.500. The lowest BCUT2D eigenvalue weighted by Gasteiger charge is -2.14. The predicted molar refractivity (Wildman–Crippen MR) is 59.6 cm³/mol. The number of rotatable bonds is 2. The summed E-state index contributed by atoms with van der Waals surface area (Å²) >= 11 is 0. The van der Waals surface area contributed by atoms with Crippen molar-refractivity contribution in [3.63, 3.8) is 0 Å². The third-order valence-corrected chi connectivity index (χ3v) is 3.27. The van der Waals surface area contributed by atoms with E-state index in [1.54, 1.807) is 17.9 Å². The van der Waals surface area contributed by atoms with Gasteiger partial charge in [-0.2, -0.15) is 0 Å². The lowest BCUT2D eigenvalue weighted by molar-refractivity contribution is -0.142. The highest BCUT2D eigenvalue weighted by molar-refractivity contribution is 5.93. The van der Waals surface area contributed by atoms with Gasteiger partial charge in [-0.1, -0.05) is 6.92 Å². The van der Waals surface area contributed by atoms with Gasteiger partial charge in [0, 0.05) is 18.7 Å². The van der Waals surface area contributed by atoms with Gasteiger partial charge < -0.3 is 14.4 Å². The third kappa shape index (κ3) is 2.05. The van der Waals surface area contributed by atoms with Gasteiger partial charge in [-0.3, -0.25) is 9.59 Å². The van der Waals surface area contributed by atoms with Crippen LogP contribution in [0.5, 0.6) is 0 Å². The number of hydrogen-bond donors (Lipinski definition) is 1. The number of carboxylic acids is 1. The molecular weight excluding hydrogens is 222 g/mol. The molecule has 1 aromatic rings. The number of aryl methyl sites for hydroxylation is 1. The highest BCUT2D eigenvalue weighted by Gasteiger charge is 2.38.